The second-order valence-corrected chi connectivity index (χ2v) is 5.25. The largest absolute Gasteiger partial charge is 0.330 e. The van der Waals surface area contributed by atoms with E-state index in [1.165, 1.54) is 11.3 Å². The van der Waals surface area contributed by atoms with Crippen LogP contribution < -0.4 is 5.73 Å². The Kier molecular flexibility index (Phi) is 3.38. The van der Waals surface area contributed by atoms with Gasteiger partial charge < -0.3 is 5.73 Å². The summed E-state index contributed by atoms with van der Waals surface area (Å²) in [5.74, 6) is 0. The summed E-state index contributed by atoms with van der Waals surface area (Å²) in [6.45, 7) is 0.558. The molecule has 0 spiro atoms. The van der Waals surface area contributed by atoms with E-state index in [2.05, 4.69) is 4.98 Å². The SMILES string of the molecule is NCCc1nc2c(Cl)cc(Cl)c(Cl)c2s1. The zero-order valence-electron chi connectivity index (χ0n) is 7.56. The molecule has 2 rings (SSSR count). The van der Waals surface area contributed by atoms with Crippen LogP contribution in [0.25, 0.3) is 10.2 Å². The molecule has 0 aliphatic carbocycles. The van der Waals surface area contributed by atoms with Crippen LogP contribution in [0.5, 0.6) is 0 Å². The second kappa shape index (κ2) is 4.44. The van der Waals surface area contributed by atoms with Crippen LogP contribution in [0.2, 0.25) is 15.1 Å². The lowest BCUT2D eigenvalue weighted by Crippen LogP contribution is -2.01. The van der Waals surface area contributed by atoms with Crippen molar-refractivity contribution in [3.63, 3.8) is 0 Å². The fourth-order valence-electron chi connectivity index (χ4n) is 1.26. The topological polar surface area (TPSA) is 38.9 Å². The van der Waals surface area contributed by atoms with E-state index in [4.69, 9.17) is 40.5 Å². The number of hydrogen-bond donors (Lipinski definition) is 1. The van der Waals surface area contributed by atoms with Gasteiger partial charge in [-0.1, -0.05) is 34.8 Å². The maximum atomic E-state index is 6.06. The summed E-state index contributed by atoms with van der Waals surface area (Å²) in [6, 6.07) is 1.61. The van der Waals surface area contributed by atoms with Crippen molar-refractivity contribution in [1.29, 1.82) is 0 Å². The normalized spacial score (nSPS) is 11.2. The van der Waals surface area contributed by atoms with Gasteiger partial charge >= 0.3 is 0 Å². The average molecular weight is 282 g/mol. The lowest BCUT2D eigenvalue weighted by atomic mass is 10.3. The van der Waals surface area contributed by atoms with Crippen molar-refractivity contribution in [3.05, 3.63) is 26.1 Å². The van der Waals surface area contributed by atoms with Gasteiger partial charge in [0.25, 0.3) is 0 Å². The molecular formula is C9H7Cl3N2S. The number of rotatable bonds is 2. The molecule has 1 heterocycles. The van der Waals surface area contributed by atoms with Crippen molar-refractivity contribution < 1.29 is 0 Å². The summed E-state index contributed by atoms with van der Waals surface area (Å²) < 4.78 is 0.831. The van der Waals surface area contributed by atoms with Crippen molar-refractivity contribution >= 4 is 56.4 Å². The monoisotopic (exact) mass is 280 g/mol. The van der Waals surface area contributed by atoms with Gasteiger partial charge in [0.05, 0.1) is 24.8 Å². The Bertz CT molecular complexity index is 510. The highest BCUT2D eigenvalue weighted by molar-refractivity contribution is 7.19. The number of hydrogen-bond acceptors (Lipinski definition) is 3. The van der Waals surface area contributed by atoms with Crippen LogP contribution >= 0.6 is 46.1 Å². The van der Waals surface area contributed by atoms with E-state index in [0.29, 0.717) is 27.1 Å². The maximum absolute atomic E-state index is 6.06. The molecule has 15 heavy (non-hydrogen) atoms. The first kappa shape index (κ1) is 11.4. The number of thiazole rings is 1. The van der Waals surface area contributed by atoms with Crippen LogP contribution in [0.4, 0.5) is 0 Å². The molecular weight excluding hydrogens is 275 g/mol. The first-order valence-electron chi connectivity index (χ1n) is 4.26. The predicted molar refractivity (Wildman–Crippen MR) is 67.4 cm³/mol. The lowest BCUT2D eigenvalue weighted by molar-refractivity contribution is 0.958. The second-order valence-electron chi connectivity index (χ2n) is 2.98. The zero-order chi connectivity index (χ0) is 11.0. The minimum atomic E-state index is 0.456. The molecule has 1 aromatic heterocycles. The first-order chi connectivity index (χ1) is 7.13. The van der Waals surface area contributed by atoms with Crippen LogP contribution in [0.1, 0.15) is 5.01 Å². The molecule has 80 valence electrons. The molecule has 0 aliphatic rings. The fraction of sp³-hybridized carbons (Fsp3) is 0.222. The Morgan fingerprint density at radius 1 is 1.27 bits per heavy atom. The quantitative estimate of drug-likeness (QED) is 0.851. The van der Waals surface area contributed by atoms with Crippen LogP contribution in [0, 0.1) is 0 Å². The number of nitrogens with zero attached hydrogens (tertiary/aromatic N) is 1. The Morgan fingerprint density at radius 2 is 2.00 bits per heavy atom. The van der Waals surface area contributed by atoms with E-state index in [9.17, 15) is 0 Å². The molecule has 0 saturated heterocycles. The van der Waals surface area contributed by atoms with Gasteiger partial charge in [0.2, 0.25) is 0 Å². The Balaban J connectivity index is 2.68. The molecule has 2 N–H and O–H groups in total. The third-order valence-electron chi connectivity index (χ3n) is 1.92. The van der Waals surface area contributed by atoms with Crippen molar-refractivity contribution in [2.24, 2.45) is 5.73 Å². The molecule has 0 radical (unpaired) electrons. The summed E-state index contributed by atoms with van der Waals surface area (Å²) in [6.07, 6.45) is 0.726. The van der Waals surface area contributed by atoms with E-state index in [0.717, 1.165) is 16.1 Å². The number of nitrogens with two attached hydrogens (primary N) is 1. The number of halogens is 3. The first-order valence-corrected chi connectivity index (χ1v) is 6.21. The number of benzene rings is 1. The van der Waals surface area contributed by atoms with Gasteiger partial charge in [-0.2, -0.15) is 0 Å². The number of aromatic nitrogens is 1. The Hall–Kier alpha value is -0.0600. The van der Waals surface area contributed by atoms with Crippen molar-refractivity contribution in [2.45, 2.75) is 6.42 Å². The molecule has 0 saturated carbocycles. The van der Waals surface area contributed by atoms with E-state index >= 15 is 0 Å². The molecule has 0 bridgehead atoms. The maximum Gasteiger partial charge on any atom is 0.102 e. The average Bonchev–Trinajstić information content (AvgIpc) is 2.60. The highest BCUT2D eigenvalue weighted by Gasteiger charge is 2.13. The van der Waals surface area contributed by atoms with Gasteiger partial charge in [0.15, 0.2) is 0 Å². The van der Waals surface area contributed by atoms with Gasteiger partial charge in [0, 0.05) is 6.42 Å². The molecule has 0 unspecified atom stereocenters. The Morgan fingerprint density at radius 3 is 2.67 bits per heavy atom. The van der Waals surface area contributed by atoms with Crippen LogP contribution in [0.15, 0.2) is 6.07 Å². The van der Waals surface area contributed by atoms with Gasteiger partial charge in [-0.3, -0.25) is 0 Å². The van der Waals surface area contributed by atoms with Crippen LogP contribution in [-0.4, -0.2) is 11.5 Å². The van der Waals surface area contributed by atoms with Crippen molar-refractivity contribution in [3.8, 4) is 0 Å². The minimum Gasteiger partial charge on any atom is -0.330 e. The molecule has 1 aromatic carbocycles. The Labute approximate surface area is 106 Å². The van der Waals surface area contributed by atoms with E-state index in [1.807, 2.05) is 0 Å². The smallest absolute Gasteiger partial charge is 0.102 e. The van der Waals surface area contributed by atoms with Crippen LogP contribution in [0.3, 0.4) is 0 Å². The molecule has 0 aliphatic heterocycles. The molecule has 0 amide bonds. The molecule has 6 heteroatoms. The van der Waals surface area contributed by atoms with E-state index in [-0.39, 0.29) is 0 Å². The molecule has 0 atom stereocenters. The highest BCUT2D eigenvalue weighted by Crippen LogP contribution is 2.38. The molecule has 2 nitrogen and oxygen atoms in total. The van der Waals surface area contributed by atoms with Crippen molar-refractivity contribution in [1.82, 2.24) is 4.98 Å². The van der Waals surface area contributed by atoms with E-state index in [1.54, 1.807) is 6.07 Å². The summed E-state index contributed by atoms with van der Waals surface area (Å²) in [5, 5.41) is 2.42. The molecule has 2 aromatic rings. The van der Waals surface area contributed by atoms with Crippen molar-refractivity contribution in [2.75, 3.05) is 6.54 Å². The lowest BCUT2D eigenvalue weighted by Gasteiger charge is -1.97. The summed E-state index contributed by atoms with van der Waals surface area (Å²) in [5.41, 5.74) is 6.17. The molecule has 0 fully saturated rings. The minimum absolute atomic E-state index is 0.456. The summed E-state index contributed by atoms with van der Waals surface area (Å²) in [7, 11) is 0. The van der Waals surface area contributed by atoms with Gasteiger partial charge in [-0.25, -0.2) is 4.98 Å². The van der Waals surface area contributed by atoms with Gasteiger partial charge in [-0.15, -0.1) is 11.3 Å². The van der Waals surface area contributed by atoms with Gasteiger partial charge in [-0.05, 0) is 12.6 Å². The third-order valence-corrected chi connectivity index (χ3v) is 4.24. The standard InChI is InChI=1S/C9H7Cl3N2S/c10-4-3-5(11)8-9(7(4)12)15-6(14-8)1-2-13/h3H,1-2,13H2. The predicted octanol–water partition coefficient (Wildman–Crippen LogP) is 3.76. The van der Waals surface area contributed by atoms with Crippen LogP contribution in [-0.2, 0) is 6.42 Å². The highest BCUT2D eigenvalue weighted by atomic mass is 35.5. The summed E-state index contributed by atoms with van der Waals surface area (Å²) >= 11 is 19.5. The third kappa shape index (κ3) is 2.08. The number of fused-ring (bicyclic) bond motifs is 1. The summed E-state index contributed by atoms with van der Waals surface area (Å²) in [4.78, 5) is 4.37. The fourth-order valence-corrected chi connectivity index (χ4v) is 3.18. The zero-order valence-corrected chi connectivity index (χ0v) is 10.6. The van der Waals surface area contributed by atoms with Gasteiger partial charge in [0.1, 0.15) is 5.52 Å². The van der Waals surface area contributed by atoms with E-state index < -0.39 is 0 Å².